The van der Waals surface area contributed by atoms with Gasteiger partial charge < -0.3 is 13.9 Å². The molecule has 174 valence electrons. The number of rotatable bonds is 2. The average molecular weight is 479 g/mol. The van der Waals surface area contributed by atoms with Crippen molar-refractivity contribution in [1.29, 1.82) is 0 Å². The predicted octanol–water partition coefficient (Wildman–Crippen LogP) is 8.47. The standard InChI is InChI=1S/C32H18N2O3/c35-26-17-20-9-10-21(31-33-29-23-7-3-1-5-18(23)11-13-27(29)36-31)15-22(20)16-25(26)32-34-30-24-8-4-2-6-19(24)12-14-28(30)37-32/h1-17,35H. The van der Waals surface area contributed by atoms with Crippen LogP contribution in [0.3, 0.4) is 0 Å². The minimum atomic E-state index is 0.115. The van der Waals surface area contributed by atoms with E-state index in [-0.39, 0.29) is 5.75 Å². The fourth-order valence-electron chi connectivity index (χ4n) is 5.15. The first kappa shape index (κ1) is 20.1. The quantitative estimate of drug-likeness (QED) is 0.270. The molecule has 1 N–H and O–H groups in total. The monoisotopic (exact) mass is 478 g/mol. The van der Waals surface area contributed by atoms with Crippen LogP contribution in [0.15, 0.2) is 112 Å². The molecule has 0 aliphatic heterocycles. The van der Waals surface area contributed by atoms with Crippen LogP contribution in [0.5, 0.6) is 5.75 Å². The molecule has 0 bridgehead atoms. The third-order valence-corrected chi connectivity index (χ3v) is 7.00. The summed E-state index contributed by atoms with van der Waals surface area (Å²) in [5.41, 5.74) is 4.44. The highest BCUT2D eigenvalue weighted by Crippen LogP contribution is 2.38. The third kappa shape index (κ3) is 3.04. The number of hydrogen-bond donors (Lipinski definition) is 1. The van der Waals surface area contributed by atoms with Crippen LogP contribution in [0.2, 0.25) is 0 Å². The lowest BCUT2D eigenvalue weighted by Crippen LogP contribution is -1.83. The first-order valence-electron chi connectivity index (χ1n) is 12.1. The summed E-state index contributed by atoms with van der Waals surface area (Å²) in [5.74, 6) is 1.05. The van der Waals surface area contributed by atoms with Gasteiger partial charge >= 0.3 is 0 Å². The molecule has 5 heteroatoms. The molecule has 2 aromatic heterocycles. The van der Waals surface area contributed by atoms with Crippen molar-refractivity contribution in [3.8, 4) is 28.7 Å². The van der Waals surface area contributed by atoms with Gasteiger partial charge in [-0.05, 0) is 57.9 Å². The molecule has 37 heavy (non-hydrogen) atoms. The number of fused-ring (bicyclic) bond motifs is 7. The van der Waals surface area contributed by atoms with Gasteiger partial charge in [-0.1, -0.05) is 66.7 Å². The maximum Gasteiger partial charge on any atom is 0.231 e. The van der Waals surface area contributed by atoms with E-state index in [1.807, 2.05) is 84.9 Å². The fourth-order valence-corrected chi connectivity index (χ4v) is 5.15. The summed E-state index contributed by atoms with van der Waals surface area (Å²) in [6, 6.07) is 33.7. The van der Waals surface area contributed by atoms with Crippen LogP contribution in [-0.2, 0) is 0 Å². The molecular formula is C32H18N2O3. The van der Waals surface area contributed by atoms with Gasteiger partial charge in [-0.15, -0.1) is 0 Å². The fraction of sp³-hybridized carbons (Fsp3) is 0. The van der Waals surface area contributed by atoms with Crippen LogP contribution in [0, 0.1) is 0 Å². The maximum atomic E-state index is 10.9. The highest BCUT2D eigenvalue weighted by atomic mass is 16.4. The molecule has 0 radical (unpaired) electrons. The first-order chi connectivity index (χ1) is 18.2. The van der Waals surface area contributed by atoms with E-state index < -0.39 is 0 Å². The normalized spacial score (nSPS) is 11.9. The molecular weight excluding hydrogens is 460 g/mol. The molecule has 8 rings (SSSR count). The highest BCUT2D eigenvalue weighted by Gasteiger charge is 2.17. The van der Waals surface area contributed by atoms with E-state index in [4.69, 9.17) is 18.8 Å². The zero-order valence-electron chi connectivity index (χ0n) is 19.5. The molecule has 0 atom stereocenters. The molecule has 0 saturated carbocycles. The maximum absolute atomic E-state index is 10.9. The molecule has 6 aromatic carbocycles. The number of nitrogens with zero attached hydrogens (tertiary/aromatic N) is 2. The number of aromatic nitrogens is 2. The summed E-state index contributed by atoms with van der Waals surface area (Å²) < 4.78 is 12.2. The van der Waals surface area contributed by atoms with Gasteiger partial charge in [0.25, 0.3) is 0 Å². The van der Waals surface area contributed by atoms with Crippen LogP contribution in [0.4, 0.5) is 0 Å². The van der Waals surface area contributed by atoms with E-state index in [1.54, 1.807) is 6.07 Å². The van der Waals surface area contributed by atoms with Gasteiger partial charge in [0.1, 0.15) is 16.8 Å². The minimum absolute atomic E-state index is 0.115. The smallest absolute Gasteiger partial charge is 0.231 e. The van der Waals surface area contributed by atoms with Crippen molar-refractivity contribution in [3.63, 3.8) is 0 Å². The zero-order chi connectivity index (χ0) is 24.5. The Hall–Kier alpha value is -5.16. The first-order valence-corrected chi connectivity index (χ1v) is 12.1. The number of phenolic OH excluding ortho intramolecular Hbond substituents is 1. The van der Waals surface area contributed by atoms with Crippen LogP contribution >= 0.6 is 0 Å². The lowest BCUT2D eigenvalue weighted by Gasteiger charge is -2.05. The van der Waals surface area contributed by atoms with Crippen molar-refractivity contribution < 1.29 is 13.9 Å². The molecule has 0 saturated heterocycles. The van der Waals surface area contributed by atoms with Crippen LogP contribution < -0.4 is 0 Å². The molecule has 0 aliphatic rings. The minimum Gasteiger partial charge on any atom is -0.507 e. The number of aromatic hydroxyl groups is 1. The van der Waals surface area contributed by atoms with Gasteiger partial charge in [0.05, 0.1) is 5.56 Å². The Morgan fingerprint density at radius 3 is 1.81 bits per heavy atom. The lowest BCUT2D eigenvalue weighted by molar-refractivity contribution is 0.475. The number of oxazole rings is 2. The lowest BCUT2D eigenvalue weighted by atomic mass is 10.0. The van der Waals surface area contributed by atoms with Crippen molar-refractivity contribution in [3.05, 3.63) is 103 Å². The second-order valence-corrected chi connectivity index (χ2v) is 9.24. The van der Waals surface area contributed by atoms with Gasteiger partial charge in [-0.25, -0.2) is 9.97 Å². The Morgan fingerprint density at radius 2 is 1.11 bits per heavy atom. The molecule has 0 amide bonds. The second kappa shape index (κ2) is 7.42. The SMILES string of the molecule is Oc1cc2ccc(-c3nc4c(ccc5ccccc54)o3)cc2cc1-c1nc2c(ccc3ccccc32)o1. The second-order valence-electron chi connectivity index (χ2n) is 9.24. The van der Waals surface area contributed by atoms with E-state index >= 15 is 0 Å². The van der Waals surface area contributed by atoms with E-state index in [9.17, 15) is 5.11 Å². The Kier molecular flexibility index (Phi) is 4.03. The zero-order valence-corrected chi connectivity index (χ0v) is 19.5. The summed E-state index contributed by atoms with van der Waals surface area (Å²) in [4.78, 5) is 9.59. The van der Waals surface area contributed by atoms with Crippen LogP contribution in [-0.4, -0.2) is 15.1 Å². The van der Waals surface area contributed by atoms with Crippen molar-refractivity contribution in [1.82, 2.24) is 9.97 Å². The third-order valence-electron chi connectivity index (χ3n) is 7.00. The van der Waals surface area contributed by atoms with Gasteiger partial charge in [0.15, 0.2) is 11.2 Å². The Labute approximate surface area is 210 Å². The van der Waals surface area contributed by atoms with Crippen molar-refractivity contribution >= 4 is 54.5 Å². The molecule has 5 nitrogen and oxygen atoms in total. The Morgan fingerprint density at radius 1 is 0.514 bits per heavy atom. The highest BCUT2D eigenvalue weighted by molar-refractivity contribution is 6.05. The summed E-state index contributed by atoms with van der Waals surface area (Å²) in [7, 11) is 0. The van der Waals surface area contributed by atoms with Crippen LogP contribution in [0.25, 0.3) is 77.4 Å². The molecule has 0 aliphatic carbocycles. The molecule has 2 heterocycles. The predicted molar refractivity (Wildman–Crippen MR) is 147 cm³/mol. The van der Waals surface area contributed by atoms with E-state index in [0.29, 0.717) is 22.9 Å². The topological polar surface area (TPSA) is 72.3 Å². The number of phenols is 1. The number of benzene rings is 6. The number of hydrogen-bond acceptors (Lipinski definition) is 5. The van der Waals surface area contributed by atoms with Crippen molar-refractivity contribution in [2.75, 3.05) is 0 Å². The Bertz CT molecular complexity index is 2170. The van der Waals surface area contributed by atoms with Gasteiger partial charge in [-0.3, -0.25) is 0 Å². The summed E-state index contributed by atoms with van der Waals surface area (Å²) in [6.45, 7) is 0. The Balaban J connectivity index is 1.28. The summed E-state index contributed by atoms with van der Waals surface area (Å²) in [6.07, 6.45) is 0. The molecule has 0 spiro atoms. The largest absolute Gasteiger partial charge is 0.507 e. The molecule has 8 aromatic rings. The summed E-state index contributed by atoms with van der Waals surface area (Å²) >= 11 is 0. The van der Waals surface area contributed by atoms with E-state index in [0.717, 1.165) is 54.5 Å². The van der Waals surface area contributed by atoms with Gasteiger partial charge in [0.2, 0.25) is 11.8 Å². The summed E-state index contributed by atoms with van der Waals surface area (Å²) in [5, 5.41) is 17.0. The molecule has 0 unspecified atom stereocenters. The van der Waals surface area contributed by atoms with Gasteiger partial charge in [0, 0.05) is 16.3 Å². The van der Waals surface area contributed by atoms with Gasteiger partial charge in [-0.2, -0.15) is 0 Å². The average Bonchev–Trinajstić information content (AvgIpc) is 3.57. The van der Waals surface area contributed by atoms with Crippen molar-refractivity contribution in [2.24, 2.45) is 0 Å². The molecule has 0 fully saturated rings. The van der Waals surface area contributed by atoms with E-state index in [2.05, 4.69) is 12.1 Å². The van der Waals surface area contributed by atoms with Crippen LogP contribution in [0.1, 0.15) is 0 Å². The van der Waals surface area contributed by atoms with Crippen molar-refractivity contribution in [2.45, 2.75) is 0 Å². The van der Waals surface area contributed by atoms with E-state index in [1.165, 1.54) is 0 Å².